The first kappa shape index (κ1) is 14.2. The van der Waals surface area contributed by atoms with Crippen LogP contribution in [0.2, 0.25) is 0 Å². The van der Waals surface area contributed by atoms with Gasteiger partial charge in [-0.2, -0.15) is 0 Å². The maximum atomic E-state index is 13.8. The van der Waals surface area contributed by atoms with Crippen molar-refractivity contribution in [1.82, 2.24) is 5.32 Å². The van der Waals surface area contributed by atoms with Crippen LogP contribution in [0.5, 0.6) is 0 Å². The van der Waals surface area contributed by atoms with Crippen molar-refractivity contribution in [2.75, 3.05) is 13.1 Å². The first-order chi connectivity index (χ1) is 9.20. The average Bonchev–Trinajstić information content (AvgIpc) is 2.91. The molecule has 0 bridgehead atoms. The summed E-state index contributed by atoms with van der Waals surface area (Å²) in [6.45, 7) is 3.25. The van der Waals surface area contributed by atoms with Crippen molar-refractivity contribution >= 4 is 0 Å². The van der Waals surface area contributed by atoms with Gasteiger partial charge in [0.1, 0.15) is 5.82 Å². The highest BCUT2D eigenvalue weighted by Gasteiger charge is 2.14. The second kappa shape index (κ2) is 6.83. The number of nitrogens with two attached hydrogens (primary N) is 1. The van der Waals surface area contributed by atoms with Crippen molar-refractivity contribution in [2.24, 2.45) is 5.73 Å². The Morgan fingerprint density at radius 1 is 1.42 bits per heavy atom. The highest BCUT2D eigenvalue weighted by atomic mass is 19.1. The largest absolute Gasteiger partial charge is 0.329 e. The molecule has 19 heavy (non-hydrogen) atoms. The van der Waals surface area contributed by atoms with E-state index in [4.69, 9.17) is 5.73 Å². The summed E-state index contributed by atoms with van der Waals surface area (Å²) in [6, 6.07) is 5.10. The van der Waals surface area contributed by atoms with E-state index in [1.54, 1.807) is 6.07 Å². The van der Waals surface area contributed by atoms with E-state index in [1.165, 1.54) is 30.9 Å². The van der Waals surface area contributed by atoms with E-state index in [1.807, 2.05) is 13.0 Å². The zero-order chi connectivity index (χ0) is 13.7. The molecule has 2 rings (SSSR count). The monoisotopic (exact) mass is 262 g/mol. The number of nitrogens with one attached hydrogen (secondary N) is 1. The molecule has 0 amide bonds. The van der Waals surface area contributed by atoms with E-state index < -0.39 is 0 Å². The summed E-state index contributed by atoms with van der Waals surface area (Å²) in [5, 5.41) is 3.37. The molecule has 1 aromatic rings. The molecular weight excluding hydrogens is 239 g/mol. The number of halogens is 1. The first-order valence-corrected chi connectivity index (χ1v) is 7.08. The van der Waals surface area contributed by atoms with Crippen molar-refractivity contribution in [1.29, 1.82) is 0 Å². The number of aryl methyl sites for hydroxylation is 1. The summed E-state index contributed by atoms with van der Waals surface area (Å²) in [5.41, 5.74) is 9.04. The van der Waals surface area contributed by atoms with Gasteiger partial charge in [-0.05, 0) is 45.2 Å². The average molecular weight is 262 g/mol. The molecule has 0 radical (unpaired) electrons. The van der Waals surface area contributed by atoms with Crippen LogP contribution in [0.3, 0.4) is 0 Å². The molecule has 3 heteroatoms. The highest BCUT2D eigenvalue weighted by Crippen LogP contribution is 2.21. The minimum Gasteiger partial charge on any atom is -0.329 e. The van der Waals surface area contributed by atoms with Crippen LogP contribution in [0.4, 0.5) is 4.39 Å². The van der Waals surface area contributed by atoms with Gasteiger partial charge < -0.3 is 11.1 Å². The Kier molecular flexibility index (Phi) is 5.11. The Hall–Kier alpha value is -1.19. The Morgan fingerprint density at radius 3 is 2.95 bits per heavy atom. The topological polar surface area (TPSA) is 38.0 Å². The molecule has 0 aliphatic heterocycles. The van der Waals surface area contributed by atoms with Crippen LogP contribution >= 0.6 is 0 Å². The van der Waals surface area contributed by atoms with E-state index in [-0.39, 0.29) is 11.9 Å². The molecular formula is C16H23FN2. The van der Waals surface area contributed by atoms with Gasteiger partial charge in [0.05, 0.1) is 0 Å². The fourth-order valence-corrected chi connectivity index (χ4v) is 2.62. The van der Waals surface area contributed by atoms with Gasteiger partial charge in [0.2, 0.25) is 0 Å². The number of hydrogen-bond donors (Lipinski definition) is 2. The van der Waals surface area contributed by atoms with Crippen LogP contribution in [0, 0.1) is 12.7 Å². The summed E-state index contributed by atoms with van der Waals surface area (Å²) in [5.74, 6) is -0.173. The lowest BCUT2D eigenvalue weighted by atomic mass is 10.0. The van der Waals surface area contributed by atoms with Crippen molar-refractivity contribution < 1.29 is 4.39 Å². The fourth-order valence-electron chi connectivity index (χ4n) is 2.62. The van der Waals surface area contributed by atoms with E-state index in [0.29, 0.717) is 12.1 Å². The van der Waals surface area contributed by atoms with Gasteiger partial charge >= 0.3 is 0 Å². The summed E-state index contributed by atoms with van der Waals surface area (Å²) in [6.07, 6.45) is 7.08. The smallest absolute Gasteiger partial charge is 0.128 e. The van der Waals surface area contributed by atoms with Crippen LogP contribution in [0.25, 0.3) is 0 Å². The third-order valence-electron chi connectivity index (χ3n) is 3.73. The maximum absolute atomic E-state index is 13.8. The van der Waals surface area contributed by atoms with E-state index in [2.05, 4.69) is 11.4 Å². The number of allylic oxidation sites excluding steroid dienone is 1. The van der Waals surface area contributed by atoms with Crippen LogP contribution < -0.4 is 11.1 Å². The van der Waals surface area contributed by atoms with Crippen molar-refractivity contribution in [2.45, 2.75) is 38.6 Å². The molecule has 3 N–H and O–H groups in total. The SMILES string of the molecule is Cc1ccc(F)c(C(CN)NCCC2=CCCC2)c1. The molecule has 2 nitrogen and oxygen atoms in total. The van der Waals surface area contributed by atoms with Crippen molar-refractivity contribution in [3.8, 4) is 0 Å². The molecule has 0 heterocycles. The molecule has 0 aromatic heterocycles. The molecule has 104 valence electrons. The van der Waals surface area contributed by atoms with Gasteiger partial charge in [-0.25, -0.2) is 4.39 Å². The molecule has 0 saturated heterocycles. The zero-order valence-electron chi connectivity index (χ0n) is 11.6. The van der Waals surface area contributed by atoms with Gasteiger partial charge in [-0.15, -0.1) is 0 Å². The predicted molar refractivity (Wildman–Crippen MR) is 77.5 cm³/mol. The maximum Gasteiger partial charge on any atom is 0.128 e. The molecule has 1 unspecified atom stereocenters. The zero-order valence-corrected chi connectivity index (χ0v) is 11.6. The quantitative estimate of drug-likeness (QED) is 0.772. The Bertz CT molecular complexity index is 454. The van der Waals surface area contributed by atoms with Crippen LogP contribution in [-0.2, 0) is 0 Å². The third kappa shape index (κ3) is 3.88. The lowest BCUT2D eigenvalue weighted by Crippen LogP contribution is -2.30. The fraction of sp³-hybridized carbons (Fsp3) is 0.500. The van der Waals surface area contributed by atoms with Gasteiger partial charge in [0.15, 0.2) is 0 Å². The minimum atomic E-state index is -0.173. The van der Waals surface area contributed by atoms with Crippen molar-refractivity contribution in [3.05, 3.63) is 46.8 Å². The van der Waals surface area contributed by atoms with Gasteiger partial charge in [0.25, 0.3) is 0 Å². The number of benzene rings is 1. The van der Waals surface area contributed by atoms with Gasteiger partial charge in [-0.1, -0.05) is 29.3 Å². The molecule has 1 aliphatic carbocycles. The summed E-state index contributed by atoms with van der Waals surface area (Å²) in [4.78, 5) is 0. The molecule has 0 spiro atoms. The Balaban J connectivity index is 1.93. The van der Waals surface area contributed by atoms with Crippen LogP contribution in [0.1, 0.15) is 42.9 Å². The normalized spacial score (nSPS) is 16.5. The molecule has 1 aliphatic rings. The second-order valence-electron chi connectivity index (χ2n) is 5.27. The molecule has 0 saturated carbocycles. The van der Waals surface area contributed by atoms with Crippen molar-refractivity contribution in [3.63, 3.8) is 0 Å². The van der Waals surface area contributed by atoms with Gasteiger partial charge in [0, 0.05) is 18.2 Å². The van der Waals surface area contributed by atoms with E-state index in [9.17, 15) is 4.39 Å². The van der Waals surface area contributed by atoms with Crippen LogP contribution in [0.15, 0.2) is 29.8 Å². The Labute approximate surface area is 114 Å². The first-order valence-electron chi connectivity index (χ1n) is 7.08. The second-order valence-corrected chi connectivity index (χ2v) is 5.27. The predicted octanol–water partition coefficient (Wildman–Crippen LogP) is 3.22. The summed E-state index contributed by atoms with van der Waals surface area (Å²) in [7, 11) is 0. The van der Waals surface area contributed by atoms with Gasteiger partial charge in [-0.3, -0.25) is 0 Å². The molecule has 1 atom stereocenters. The minimum absolute atomic E-state index is 0.0955. The summed E-state index contributed by atoms with van der Waals surface area (Å²) >= 11 is 0. The molecule has 1 aromatic carbocycles. The number of hydrogen-bond acceptors (Lipinski definition) is 2. The summed E-state index contributed by atoms with van der Waals surface area (Å²) < 4.78 is 13.8. The van der Waals surface area contributed by atoms with Crippen LogP contribution in [-0.4, -0.2) is 13.1 Å². The van der Waals surface area contributed by atoms with E-state index >= 15 is 0 Å². The highest BCUT2D eigenvalue weighted by molar-refractivity contribution is 5.27. The molecule has 0 fully saturated rings. The standard InChI is InChI=1S/C16H23FN2/c1-12-6-7-15(17)14(10-12)16(11-18)19-9-8-13-4-2-3-5-13/h4,6-7,10,16,19H,2-3,5,8-9,11,18H2,1H3. The van der Waals surface area contributed by atoms with E-state index in [0.717, 1.165) is 18.5 Å². The lowest BCUT2D eigenvalue weighted by molar-refractivity contribution is 0.507. The number of rotatable bonds is 6. The lowest BCUT2D eigenvalue weighted by Gasteiger charge is -2.18. The third-order valence-corrected chi connectivity index (χ3v) is 3.73. The Morgan fingerprint density at radius 2 is 2.26 bits per heavy atom.